The second-order valence-corrected chi connectivity index (χ2v) is 26.8. The summed E-state index contributed by atoms with van der Waals surface area (Å²) in [4.78, 5) is 91.8. The zero-order valence-electron chi connectivity index (χ0n) is 57.8. The van der Waals surface area contributed by atoms with Gasteiger partial charge in [0.1, 0.15) is 159 Å². The summed E-state index contributed by atoms with van der Waals surface area (Å²) in [6, 6.07) is -8.20. The molecule has 628 valence electrons. The van der Waals surface area contributed by atoms with Crippen molar-refractivity contribution in [1.29, 1.82) is 0 Å². The molecule has 1 unspecified atom stereocenters. The molecule has 7 heterocycles. The molecule has 50 nitrogen and oxygen atoms in total. The van der Waals surface area contributed by atoms with E-state index in [-0.39, 0.29) is 0 Å². The van der Waals surface area contributed by atoms with Crippen molar-refractivity contribution in [3.05, 3.63) is 0 Å². The number of aliphatic hydroxyl groups is 23. The van der Waals surface area contributed by atoms with E-state index in [2.05, 4.69) is 16.0 Å². The number of carbonyl (C=O) groups excluding carboxylic acids is 4. The van der Waals surface area contributed by atoms with Gasteiger partial charge >= 0.3 is 17.9 Å². The van der Waals surface area contributed by atoms with E-state index in [1.807, 2.05) is 5.32 Å². The van der Waals surface area contributed by atoms with Crippen LogP contribution < -0.4 is 21.3 Å². The number of ether oxygens (including phenoxy) is 13. The maximum absolute atomic E-state index is 14.2. The van der Waals surface area contributed by atoms with Crippen LogP contribution in [-0.4, -0.2) is 459 Å². The van der Waals surface area contributed by atoms with Crippen LogP contribution in [-0.2, 0) is 95.1 Å². The lowest BCUT2D eigenvalue weighted by molar-refractivity contribution is -0.405. The fraction of sp³-hybridized carbons (Fsp3) is 0.881. The van der Waals surface area contributed by atoms with Gasteiger partial charge in [-0.05, 0) is 0 Å². The average Bonchev–Trinajstić information content (AvgIpc) is 0.753. The van der Waals surface area contributed by atoms with Gasteiger partial charge in [0.2, 0.25) is 23.6 Å². The number of rotatable bonds is 33. The average molecular weight is 1600 g/mol. The summed E-state index contributed by atoms with van der Waals surface area (Å²) >= 11 is 0. The minimum Gasteiger partial charge on any atom is -0.477 e. The predicted molar refractivity (Wildman–Crippen MR) is 331 cm³/mol. The Morgan fingerprint density at radius 1 is 0.394 bits per heavy atom. The van der Waals surface area contributed by atoms with Gasteiger partial charge in [0.15, 0.2) is 25.2 Å². The number of nitrogens with one attached hydrogen (secondary N) is 4. The van der Waals surface area contributed by atoms with Crippen molar-refractivity contribution < 1.29 is 228 Å². The van der Waals surface area contributed by atoms with Crippen molar-refractivity contribution in [2.24, 2.45) is 0 Å². The number of hydrogen-bond donors (Lipinski definition) is 30. The third-order valence-electron chi connectivity index (χ3n) is 19.2. The first-order chi connectivity index (χ1) is 51.1. The van der Waals surface area contributed by atoms with Gasteiger partial charge < -0.3 is 216 Å². The van der Waals surface area contributed by atoms with Crippen LogP contribution in [0.1, 0.15) is 40.0 Å². The molecule has 7 aliphatic rings. The van der Waals surface area contributed by atoms with Crippen LogP contribution in [0.25, 0.3) is 0 Å². The number of carbonyl (C=O) groups is 7. The predicted octanol–water partition coefficient (Wildman–Crippen LogP) is -19.1. The molecule has 0 aromatic rings. The molecular weight excluding hydrogens is 1500 g/mol. The Hall–Kier alpha value is -5.15. The van der Waals surface area contributed by atoms with Gasteiger partial charge in [-0.3, -0.25) is 19.2 Å². The van der Waals surface area contributed by atoms with Crippen molar-refractivity contribution in [3.8, 4) is 0 Å². The normalized spacial score (nSPS) is 43.1. The molecule has 38 atom stereocenters. The van der Waals surface area contributed by atoms with E-state index < -0.39 is 345 Å². The highest BCUT2D eigenvalue weighted by Crippen LogP contribution is 2.44. The summed E-state index contributed by atoms with van der Waals surface area (Å²) in [5.74, 6) is -22.0. The zero-order valence-corrected chi connectivity index (χ0v) is 57.8. The topological polar surface area (TPSA) is 814 Å². The molecule has 7 saturated heterocycles. The van der Waals surface area contributed by atoms with E-state index in [0.717, 1.165) is 20.8 Å². The smallest absolute Gasteiger partial charge is 0.364 e. The number of carboxylic acids is 3. The number of aliphatic hydroxyl groups excluding tert-OH is 23. The van der Waals surface area contributed by atoms with E-state index in [1.54, 1.807) is 0 Å². The lowest BCUT2D eigenvalue weighted by Crippen LogP contribution is -2.73. The molecule has 0 aromatic carbocycles. The molecule has 0 spiro atoms. The van der Waals surface area contributed by atoms with Crippen LogP contribution in [0.3, 0.4) is 0 Å². The first-order valence-corrected chi connectivity index (χ1v) is 33.7. The Labute approximate surface area is 613 Å². The quantitative estimate of drug-likeness (QED) is 0.0290. The highest BCUT2D eigenvalue weighted by Gasteiger charge is 2.66. The largest absolute Gasteiger partial charge is 0.477 e. The summed E-state index contributed by atoms with van der Waals surface area (Å²) in [6.45, 7) is -8.24. The van der Waals surface area contributed by atoms with Gasteiger partial charge in [0.25, 0.3) is 17.4 Å². The van der Waals surface area contributed by atoms with Gasteiger partial charge in [0.05, 0.1) is 82.7 Å². The summed E-state index contributed by atoms with van der Waals surface area (Å²) in [7, 11) is 0. The fourth-order valence-electron chi connectivity index (χ4n) is 13.7. The summed E-state index contributed by atoms with van der Waals surface area (Å²) in [5.41, 5.74) is 0. The molecule has 0 aliphatic carbocycles. The van der Waals surface area contributed by atoms with Gasteiger partial charge in [-0.2, -0.15) is 0 Å². The Balaban J connectivity index is 1.31. The first kappa shape index (κ1) is 91.0. The van der Waals surface area contributed by atoms with Gasteiger partial charge in [-0.1, -0.05) is 0 Å². The summed E-state index contributed by atoms with van der Waals surface area (Å²) < 4.78 is 75.6. The monoisotopic (exact) mass is 1600 g/mol. The number of carboxylic acid groups (broad SMARTS) is 3. The number of hydrogen-bond acceptors (Lipinski definition) is 43. The SMILES string of the molecule is CC(=O)N[C@H]1[C@H](O[C@@H]2[C@H](O[C@]3(C(=O)O)C[C@H](O)[C@@H](NC(C)=O)[C@H]([C@H](O)[C@@H](CO)O[C@]4(C(=O)O)C[C@H](O)[C@@H](NC(=O)CO)[C@H]([C@H](O)[C@H](O)CO)O4)O3)[C@@H](O)[C@H](O[C@H]3[C@H](O)[C@@H](O)C(O)O[C@@H]3CO)O[C@@H]2CO)O[C@H](CO)[C@H](O)[C@@H]1O[C@@H]1O[C@H](CO)[C@H](O)[C@H](O[C@]2(C(=O)O)C[C@H](O)[C@@H](NC(C)=O)[C@H]([C@H](O)[C@H](O)CO)O2)[C@H]1O. The van der Waals surface area contributed by atoms with Crippen molar-refractivity contribution in [2.45, 2.75) is 272 Å². The lowest BCUT2D eigenvalue weighted by atomic mass is 9.87. The van der Waals surface area contributed by atoms with Crippen molar-refractivity contribution in [2.75, 3.05) is 52.9 Å². The fourth-order valence-corrected chi connectivity index (χ4v) is 13.7. The molecule has 0 radical (unpaired) electrons. The third-order valence-corrected chi connectivity index (χ3v) is 19.2. The van der Waals surface area contributed by atoms with Gasteiger partial charge in [-0.25, -0.2) is 14.4 Å². The van der Waals surface area contributed by atoms with Crippen molar-refractivity contribution in [1.82, 2.24) is 21.3 Å². The Morgan fingerprint density at radius 2 is 0.761 bits per heavy atom. The van der Waals surface area contributed by atoms with Crippen molar-refractivity contribution in [3.63, 3.8) is 0 Å². The number of aliphatic carboxylic acids is 3. The van der Waals surface area contributed by atoms with Crippen LogP contribution in [0.2, 0.25) is 0 Å². The van der Waals surface area contributed by atoms with E-state index in [1.165, 1.54) is 0 Å². The molecule has 7 aliphatic heterocycles. The maximum Gasteiger partial charge on any atom is 0.364 e. The molecule has 50 heteroatoms. The van der Waals surface area contributed by atoms with E-state index in [0.29, 0.717) is 0 Å². The Bertz CT molecular complexity index is 3030. The maximum atomic E-state index is 14.2. The lowest BCUT2D eigenvalue weighted by Gasteiger charge is -2.53. The second-order valence-electron chi connectivity index (χ2n) is 26.8. The van der Waals surface area contributed by atoms with E-state index in [9.17, 15) is 166 Å². The molecular formula is C59H96N4O46. The molecule has 0 bridgehead atoms. The third kappa shape index (κ3) is 19.8. The second kappa shape index (κ2) is 38.3. The summed E-state index contributed by atoms with van der Waals surface area (Å²) in [5, 5.41) is 295. The Kier molecular flexibility index (Phi) is 32.0. The van der Waals surface area contributed by atoms with E-state index >= 15 is 0 Å². The minimum atomic E-state index is -3.78. The van der Waals surface area contributed by atoms with Crippen LogP contribution in [0.5, 0.6) is 0 Å². The molecule has 7 fully saturated rings. The minimum absolute atomic E-state index is 0.802. The van der Waals surface area contributed by atoms with Crippen LogP contribution in [0, 0.1) is 0 Å². The number of amides is 4. The molecule has 30 N–H and O–H groups in total. The molecule has 109 heavy (non-hydrogen) atoms. The molecule has 4 amide bonds. The van der Waals surface area contributed by atoms with Crippen LogP contribution >= 0.6 is 0 Å². The highest BCUT2D eigenvalue weighted by molar-refractivity contribution is 5.79. The Morgan fingerprint density at radius 3 is 1.19 bits per heavy atom. The highest BCUT2D eigenvalue weighted by atomic mass is 16.8. The van der Waals surface area contributed by atoms with E-state index in [4.69, 9.17) is 61.6 Å². The van der Waals surface area contributed by atoms with Crippen LogP contribution in [0.4, 0.5) is 0 Å². The van der Waals surface area contributed by atoms with Gasteiger partial charge in [-0.15, -0.1) is 0 Å². The van der Waals surface area contributed by atoms with Crippen molar-refractivity contribution >= 4 is 41.5 Å². The zero-order chi connectivity index (χ0) is 81.5. The molecule has 0 saturated carbocycles. The summed E-state index contributed by atoms with van der Waals surface area (Å²) in [6.07, 6.45) is -78.6. The van der Waals surface area contributed by atoms with Crippen LogP contribution in [0.15, 0.2) is 0 Å². The molecule has 0 aromatic heterocycles. The first-order valence-electron chi connectivity index (χ1n) is 33.7. The standard InChI is InChI=1S/C59H96N4O46/c1-15(72)60-29-18(75)5-58(55(93)94,106-45(29)33(81)21(78)7-64)108-48-36(84)24(10-67)99-52(40(48)88)103-44-32(62-17(3)74)51(98-23(9-66)35(44)83)102-43-27(13-70)100-53(101-42-26(12-69)97-50(90)39(87)38(42)86)41(89)49(43)109-59(56(95)96)6-19(76)30(61-16(2)73)47(107-59)37(85)25(11-68)104-57(54(91)92)4-20(77)31(63-28(80)14-71)46(105-57)34(82)22(79)8-65/h18-27,29-53,64-71,75-79,81-90H,4-14H2,1-3H3,(H,60,72)(H,61,73)(H,62,74)(H,63,80)(H,91,92)(H,93,94)(H,95,96)/t18-,19-,20-,21+,22+,23+,24+,25+,26+,27+,29+,30+,31+,32+,33+,34+,35-,36-,37+,38+,39+,40+,41+,42+,43-,44+,45+,46+,47+,48-,49+,50?,51-,52-,53-,57+,58-,59-/m0/s1. The molecule has 7 rings (SSSR count). The van der Waals surface area contributed by atoms with Gasteiger partial charge in [0, 0.05) is 40.0 Å².